The SMILES string of the molecule is C=Nc1c(N(C(=O)OC(C)(C)C)C(=O)OC(C)(C)C)nc(F)nc1N(C)C(c1ccccc1)(c1ccccc1)c1ccccc1. The quantitative estimate of drug-likeness (QED) is 0.118. The molecular formula is C35H38FN5O4. The first-order valence-electron chi connectivity index (χ1n) is 14.4. The van der Waals surface area contributed by atoms with Crippen LogP contribution >= 0.6 is 0 Å². The molecule has 0 unspecified atom stereocenters. The maximum absolute atomic E-state index is 15.6. The van der Waals surface area contributed by atoms with Gasteiger partial charge in [-0.15, -0.1) is 0 Å². The van der Waals surface area contributed by atoms with E-state index in [0.29, 0.717) is 4.90 Å². The molecule has 9 nitrogen and oxygen atoms in total. The van der Waals surface area contributed by atoms with Crippen molar-refractivity contribution in [3.8, 4) is 0 Å². The minimum Gasteiger partial charge on any atom is -0.443 e. The number of imide groups is 1. The predicted octanol–water partition coefficient (Wildman–Crippen LogP) is 8.05. The molecule has 4 aromatic rings. The van der Waals surface area contributed by atoms with Gasteiger partial charge in [0.05, 0.1) is 0 Å². The third kappa shape index (κ3) is 7.01. The standard InChI is InChI=1S/C35H38FN5O4/c1-33(2,3)44-31(42)41(32(43)45-34(4,5)6)29-27(37-7)28(38-30(36)39-29)40(8)35(24-18-12-9-13-19-24,25-20-14-10-15-21-25)26-22-16-11-17-23-26/h9-23H,7H2,1-6,8H3. The molecule has 234 valence electrons. The molecule has 1 heterocycles. The lowest BCUT2D eigenvalue weighted by Crippen LogP contribution is -2.47. The fraction of sp³-hybridized carbons (Fsp3) is 0.286. The van der Waals surface area contributed by atoms with Crippen LogP contribution in [0.5, 0.6) is 0 Å². The molecule has 0 N–H and O–H groups in total. The van der Waals surface area contributed by atoms with Crippen molar-refractivity contribution in [2.75, 3.05) is 16.8 Å². The summed E-state index contributed by atoms with van der Waals surface area (Å²) in [5.74, 6) is -0.521. The summed E-state index contributed by atoms with van der Waals surface area (Å²) in [5, 5.41) is 0. The third-order valence-electron chi connectivity index (χ3n) is 6.74. The highest BCUT2D eigenvalue weighted by molar-refractivity contribution is 6.11. The zero-order valence-electron chi connectivity index (χ0n) is 26.6. The van der Waals surface area contributed by atoms with Crippen molar-refractivity contribution in [1.82, 2.24) is 9.97 Å². The Balaban J connectivity index is 2.07. The Hall–Kier alpha value is -5.12. The summed E-state index contributed by atoms with van der Waals surface area (Å²) < 4.78 is 26.7. The first-order chi connectivity index (χ1) is 21.2. The molecule has 1 aromatic heterocycles. The van der Waals surface area contributed by atoms with Crippen LogP contribution in [0.15, 0.2) is 96.0 Å². The van der Waals surface area contributed by atoms with E-state index in [-0.39, 0.29) is 11.5 Å². The lowest BCUT2D eigenvalue weighted by Gasteiger charge is -2.44. The molecule has 45 heavy (non-hydrogen) atoms. The number of ether oxygens (including phenoxy) is 2. The number of carbonyl (C=O) groups is 2. The topological polar surface area (TPSA) is 97.2 Å². The van der Waals surface area contributed by atoms with Crippen LogP contribution in [0.4, 0.5) is 31.3 Å². The van der Waals surface area contributed by atoms with Crippen LogP contribution in [0.2, 0.25) is 0 Å². The molecule has 2 amide bonds. The van der Waals surface area contributed by atoms with Crippen LogP contribution in [0.3, 0.4) is 0 Å². The summed E-state index contributed by atoms with van der Waals surface area (Å²) in [5.41, 5.74) is -0.766. The van der Waals surface area contributed by atoms with Gasteiger partial charge in [0, 0.05) is 7.05 Å². The van der Waals surface area contributed by atoms with Crippen molar-refractivity contribution < 1.29 is 23.5 Å². The van der Waals surface area contributed by atoms with Crippen LogP contribution in [0.25, 0.3) is 0 Å². The average Bonchev–Trinajstić information content (AvgIpc) is 2.97. The number of benzene rings is 3. The van der Waals surface area contributed by atoms with E-state index in [1.807, 2.05) is 91.0 Å². The van der Waals surface area contributed by atoms with Gasteiger partial charge in [0.1, 0.15) is 22.4 Å². The van der Waals surface area contributed by atoms with Gasteiger partial charge in [0.25, 0.3) is 0 Å². The van der Waals surface area contributed by atoms with E-state index in [4.69, 9.17) is 9.47 Å². The Bertz CT molecular complexity index is 1530. The van der Waals surface area contributed by atoms with Crippen LogP contribution in [-0.4, -0.2) is 47.1 Å². The second-order valence-corrected chi connectivity index (χ2v) is 12.3. The molecule has 0 bridgehead atoms. The zero-order chi connectivity index (χ0) is 33.0. The second kappa shape index (κ2) is 12.9. The number of hydrogen-bond donors (Lipinski definition) is 0. The molecule has 4 rings (SSSR count). The fourth-order valence-corrected chi connectivity index (χ4v) is 5.08. The first kappa shape index (κ1) is 32.8. The Morgan fingerprint density at radius 2 is 1.04 bits per heavy atom. The first-order valence-corrected chi connectivity index (χ1v) is 14.4. The summed E-state index contributed by atoms with van der Waals surface area (Å²) >= 11 is 0. The van der Waals surface area contributed by atoms with E-state index < -0.39 is 40.8 Å². The number of rotatable bonds is 7. The highest BCUT2D eigenvalue weighted by atomic mass is 19.1. The van der Waals surface area contributed by atoms with Gasteiger partial charge in [-0.05, 0) is 65.0 Å². The molecule has 0 spiro atoms. The van der Waals surface area contributed by atoms with Crippen molar-refractivity contribution in [3.05, 3.63) is 114 Å². The lowest BCUT2D eigenvalue weighted by molar-refractivity contribution is 0.0429. The van der Waals surface area contributed by atoms with Crippen molar-refractivity contribution >= 4 is 36.2 Å². The molecule has 0 atom stereocenters. The number of aromatic nitrogens is 2. The highest BCUT2D eigenvalue weighted by Gasteiger charge is 2.44. The van der Waals surface area contributed by atoms with Gasteiger partial charge >= 0.3 is 18.3 Å². The molecule has 0 aliphatic rings. The third-order valence-corrected chi connectivity index (χ3v) is 6.74. The summed E-state index contributed by atoms with van der Waals surface area (Å²) in [4.78, 5) is 41.6. The van der Waals surface area contributed by atoms with Gasteiger partial charge in [-0.1, -0.05) is 91.0 Å². The second-order valence-electron chi connectivity index (χ2n) is 12.3. The smallest absolute Gasteiger partial charge is 0.425 e. The zero-order valence-corrected chi connectivity index (χ0v) is 26.6. The van der Waals surface area contributed by atoms with E-state index in [1.165, 1.54) is 0 Å². The molecular weight excluding hydrogens is 573 g/mol. The van der Waals surface area contributed by atoms with Crippen molar-refractivity contribution in [2.24, 2.45) is 4.99 Å². The summed E-state index contributed by atoms with van der Waals surface area (Å²) in [6, 6.07) is 29.0. The molecule has 0 saturated heterocycles. The molecule has 0 aliphatic heterocycles. The maximum Gasteiger partial charge on any atom is 0.425 e. The van der Waals surface area contributed by atoms with E-state index in [2.05, 4.69) is 21.7 Å². The summed E-state index contributed by atoms with van der Waals surface area (Å²) in [7, 11) is 1.73. The van der Waals surface area contributed by atoms with Crippen LogP contribution < -0.4 is 9.80 Å². The van der Waals surface area contributed by atoms with Gasteiger partial charge in [-0.25, -0.2) is 9.59 Å². The Morgan fingerprint density at radius 1 is 0.689 bits per heavy atom. The van der Waals surface area contributed by atoms with E-state index >= 15 is 4.39 Å². The van der Waals surface area contributed by atoms with Crippen molar-refractivity contribution in [3.63, 3.8) is 0 Å². The molecule has 0 aliphatic carbocycles. The number of hydrogen-bond acceptors (Lipinski definition) is 8. The van der Waals surface area contributed by atoms with E-state index in [9.17, 15) is 9.59 Å². The van der Waals surface area contributed by atoms with E-state index in [0.717, 1.165) is 16.7 Å². The lowest BCUT2D eigenvalue weighted by atomic mass is 9.75. The van der Waals surface area contributed by atoms with Crippen LogP contribution in [-0.2, 0) is 15.0 Å². The molecule has 0 saturated carbocycles. The fourth-order valence-electron chi connectivity index (χ4n) is 5.08. The average molecular weight is 612 g/mol. The van der Waals surface area contributed by atoms with Gasteiger partial charge in [0.2, 0.25) is 0 Å². The Morgan fingerprint density at radius 3 is 1.38 bits per heavy atom. The van der Waals surface area contributed by atoms with Crippen LogP contribution in [0, 0.1) is 6.08 Å². The number of halogens is 1. The van der Waals surface area contributed by atoms with E-state index in [1.54, 1.807) is 53.5 Å². The minimum atomic E-state index is -1.21. The van der Waals surface area contributed by atoms with Crippen molar-refractivity contribution in [2.45, 2.75) is 58.3 Å². The number of aliphatic imine (C=N–C) groups is 1. The molecule has 3 aromatic carbocycles. The molecule has 0 radical (unpaired) electrons. The minimum absolute atomic E-state index is 0.0406. The molecule has 0 fully saturated rings. The number of anilines is 2. The maximum atomic E-state index is 15.6. The number of carbonyl (C=O) groups excluding carboxylic acids is 2. The summed E-state index contributed by atoms with van der Waals surface area (Å²) in [6.45, 7) is 13.5. The Labute approximate surface area is 263 Å². The predicted molar refractivity (Wildman–Crippen MR) is 174 cm³/mol. The van der Waals surface area contributed by atoms with Crippen molar-refractivity contribution in [1.29, 1.82) is 0 Å². The van der Waals surface area contributed by atoms with Gasteiger partial charge in [-0.3, -0.25) is 4.99 Å². The van der Waals surface area contributed by atoms with Gasteiger partial charge in [-0.2, -0.15) is 19.3 Å². The van der Waals surface area contributed by atoms with Crippen LogP contribution in [0.1, 0.15) is 58.2 Å². The summed E-state index contributed by atoms with van der Waals surface area (Å²) in [6.07, 6.45) is -3.47. The van der Waals surface area contributed by atoms with Gasteiger partial charge in [0.15, 0.2) is 11.6 Å². The number of amides is 2. The Kier molecular flexibility index (Phi) is 9.37. The number of nitrogens with zero attached hydrogens (tertiary/aromatic N) is 5. The van der Waals surface area contributed by atoms with Gasteiger partial charge < -0.3 is 14.4 Å². The highest BCUT2D eigenvalue weighted by Crippen LogP contribution is 2.47. The molecule has 10 heteroatoms. The monoisotopic (exact) mass is 611 g/mol. The normalized spacial score (nSPS) is 11.8. The largest absolute Gasteiger partial charge is 0.443 e.